The van der Waals surface area contributed by atoms with Gasteiger partial charge in [0.05, 0.1) is 4.88 Å². The number of rotatable bonds is 3. The minimum absolute atomic E-state index is 0.0536. The maximum absolute atomic E-state index is 11.7. The van der Waals surface area contributed by atoms with Crippen LogP contribution in [0.1, 0.15) is 15.2 Å². The average Bonchev–Trinajstić information content (AvgIpc) is 2.81. The second-order valence-electron chi connectivity index (χ2n) is 3.23. The Morgan fingerprint density at radius 1 is 1.19 bits per heavy atom. The van der Waals surface area contributed by atoms with E-state index in [9.17, 15) is 4.79 Å². The van der Waals surface area contributed by atoms with Crippen molar-refractivity contribution in [3.05, 3.63) is 62.8 Å². The van der Waals surface area contributed by atoms with Crippen LogP contribution in [0.5, 0.6) is 0 Å². The van der Waals surface area contributed by atoms with Crippen molar-refractivity contribution in [3.63, 3.8) is 0 Å². The summed E-state index contributed by atoms with van der Waals surface area (Å²) in [6, 6.07) is 11.5. The molecule has 2 rings (SSSR count). The molecule has 0 radical (unpaired) electrons. The number of carbonyl (C=O) groups excluding carboxylic acids is 1. The number of carbonyl (C=O) groups is 1. The third-order valence-electron chi connectivity index (χ3n) is 2.06. The van der Waals surface area contributed by atoms with Gasteiger partial charge in [0.15, 0.2) is 5.78 Å². The van der Waals surface area contributed by atoms with Gasteiger partial charge in [-0.05, 0) is 35.2 Å². The Bertz CT molecular complexity index is 497. The van der Waals surface area contributed by atoms with Gasteiger partial charge in [-0.1, -0.05) is 40.2 Å². The maximum Gasteiger partial charge on any atom is 0.195 e. The molecule has 0 atom stereocenters. The van der Waals surface area contributed by atoms with Crippen LogP contribution in [-0.4, -0.2) is 5.78 Å². The summed E-state index contributed by atoms with van der Waals surface area (Å²) < 4.78 is 1.04. The van der Waals surface area contributed by atoms with Crippen LogP contribution in [0, 0.1) is 0 Å². The van der Waals surface area contributed by atoms with Gasteiger partial charge in [0.1, 0.15) is 0 Å². The van der Waals surface area contributed by atoms with Crippen molar-refractivity contribution in [2.24, 2.45) is 0 Å². The topological polar surface area (TPSA) is 17.1 Å². The van der Waals surface area contributed by atoms with Gasteiger partial charge in [0.2, 0.25) is 0 Å². The van der Waals surface area contributed by atoms with E-state index in [2.05, 4.69) is 15.9 Å². The first-order valence-corrected chi connectivity index (χ1v) is 6.44. The number of ketones is 1. The van der Waals surface area contributed by atoms with Crippen molar-refractivity contribution in [3.8, 4) is 0 Å². The standard InChI is InChI=1S/C13H9BrOS/c14-11-6-3-10(4-7-11)5-8-12(15)13-2-1-9-16-13/h1-9H. The zero-order valence-electron chi connectivity index (χ0n) is 8.39. The summed E-state index contributed by atoms with van der Waals surface area (Å²) in [5, 5.41) is 1.90. The maximum atomic E-state index is 11.7. The lowest BCUT2D eigenvalue weighted by Crippen LogP contribution is -1.88. The molecule has 0 saturated carbocycles. The molecule has 1 aromatic carbocycles. The normalized spacial score (nSPS) is 10.8. The SMILES string of the molecule is O=C(C=Cc1ccc(Br)cc1)c1cccs1. The third kappa shape index (κ3) is 2.90. The van der Waals surface area contributed by atoms with Gasteiger partial charge in [-0.25, -0.2) is 0 Å². The highest BCUT2D eigenvalue weighted by Gasteiger charge is 2.00. The van der Waals surface area contributed by atoms with Crippen molar-refractivity contribution in [1.82, 2.24) is 0 Å². The van der Waals surface area contributed by atoms with Crippen molar-refractivity contribution >= 4 is 39.1 Å². The molecule has 0 saturated heterocycles. The van der Waals surface area contributed by atoms with E-state index in [1.165, 1.54) is 11.3 Å². The molecule has 0 aliphatic heterocycles. The molecule has 1 heterocycles. The summed E-state index contributed by atoms with van der Waals surface area (Å²) >= 11 is 4.83. The summed E-state index contributed by atoms with van der Waals surface area (Å²) in [5.41, 5.74) is 1.02. The highest BCUT2D eigenvalue weighted by Crippen LogP contribution is 2.13. The minimum atomic E-state index is 0.0536. The number of thiophene rings is 1. The van der Waals surface area contributed by atoms with Crippen LogP contribution >= 0.6 is 27.3 Å². The Kier molecular flexibility index (Phi) is 3.70. The molecule has 0 unspecified atom stereocenters. The third-order valence-corrected chi connectivity index (χ3v) is 3.47. The number of benzene rings is 1. The Labute approximate surface area is 107 Å². The van der Waals surface area contributed by atoms with Crippen LogP contribution in [0.2, 0.25) is 0 Å². The largest absolute Gasteiger partial charge is 0.288 e. The van der Waals surface area contributed by atoms with Crippen LogP contribution in [-0.2, 0) is 0 Å². The molecule has 0 fully saturated rings. The molecule has 0 bridgehead atoms. The number of halogens is 1. The van der Waals surface area contributed by atoms with E-state index in [0.717, 1.165) is 14.9 Å². The summed E-state index contributed by atoms with van der Waals surface area (Å²) in [5.74, 6) is 0.0536. The van der Waals surface area contributed by atoms with Crippen molar-refractivity contribution < 1.29 is 4.79 Å². The lowest BCUT2D eigenvalue weighted by Gasteiger charge is -1.93. The predicted molar refractivity (Wildman–Crippen MR) is 71.8 cm³/mol. The summed E-state index contributed by atoms with van der Waals surface area (Å²) in [7, 11) is 0. The van der Waals surface area contributed by atoms with E-state index in [1.54, 1.807) is 6.08 Å². The second kappa shape index (κ2) is 5.23. The first-order valence-electron chi connectivity index (χ1n) is 4.77. The molecule has 0 aliphatic rings. The molecule has 1 aromatic heterocycles. The van der Waals surface area contributed by atoms with E-state index < -0.39 is 0 Å². The Hall–Kier alpha value is -1.19. The van der Waals surface area contributed by atoms with Gasteiger partial charge in [-0.15, -0.1) is 11.3 Å². The molecule has 2 aromatic rings. The smallest absolute Gasteiger partial charge is 0.195 e. The van der Waals surface area contributed by atoms with Crippen LogP contribution in [0.25, 0.3) is 6.08 Å². The van der Waals surface area contributed by atoms with Crippen LogP contribution < -0.4 is 0 Å². The van der Waals surface area contributed by atoms with Gasteiger partial charge in [0, 0.05) is 4.47 Å². The molecule has 0 aliphatic carbocycles. The summed E-state index contributed by atoms with van der Waals surface area (Å²) in [6.45, 7) is 0. The van der Waals surface area contributed by atoms with Crippen molar-refractivity contribution in [2.75, 3.05) is 0 Å². The lowest BCUT2D eigenvalue weighted by molar-refractivity contribution is 0.105. The van der Waals surface area contributed by atoms with Crippen LogP contribution in [0.4, 0.5) is 0 Å². The first kappa shape index (κ1) is 11.3. The molecule has 0 N–H and O–H groups in total. The highest BCUT2D eigenvalue weighted by atomic mass is 79.9. The van der Waals surface area contributed by atoms with E-state index in [1.807, 2.05) is 47.9 Å². The van der Waals surface area contributed by atoms with Gasteiger partial charge >= 0.3 is 0 Å². The number of hydrogen-bond donors (Lipinski definition) is 0. The molecule has 80 valence electrons. The van der Waals surface area contributed by atoms with Gasteiger partial charge in [0.25, 0.3) is 0 Å². The van der Waals surface area contributed by atoms with E-state index in [-0.39, 0.29) is 5.78 Å². The van der Waals surface area contributed by atoms with Crippen molar-refractivity contribution in [1.29, 1.82) is 0 Å². The minimum Gasteiger partial charge on any atom is -0.288 e. The van der Waals surface area contributed by atoms with E-state index in [0.29, 0.717) is 0 Å². The molecule has 0 spiro atoms. The Morgan fingerprint density at radius 3 is 2.56 bits per heavy atom. The molecule has 1 nitrogen and oxygen atoms in total. The fraction of sp³-hybridized carbons (Fsp3) is 0. The van der Waals surface area contributed by atoms with E-state index in [4.69, 9.17) is 0 Å². The quantitative estimate of drug-likeness (QED) is 0.605. The Morgan fingerprint density at radius 2 is 1.94 bits per heavy atom. The van der Waals surface area contributed by atoms with E-state index >= 15 is 0 Å². The van der Waals surface area contributed by atoms with Crippen LogP contribution in [0.3, 0.4) is 0 Å². The highest BCUT2D eigenvalue weighted by molar-refractivity contribution is 9.10. The van der Waals surface area contributed by atoms with Gasteiger partial charge < -0.3 is 0 Å². The first-order chi connectivity index (χ1) is 7.75. The predicted octanol–water partition coefficient (Wildman–Crippen LogP) is 4.41. The number of allylic oxidation sites excluding steroid dienone is 1. The molecular weight excluding hydrogens is 284 g/mol. The molecule has 3 heteroatoms. The monoisotopic (exact) mass is 292 g/mol. The van der Waals surface area contributed by atoms with Gasteiger partial charge in [-0.3, -0.25) is 4.79 Å². The lowest BCUT2D eigenvalue weighted by atomic mass is 10.2. The molecule has 16 heavy (non-hydrogen) atoms. The van der Waals surface area contributed by atoms with Gasteiger partial charge in [-0.2, -0.15) is 0 Å². The van der Waals surface area contributed by atoms with Crippen molar-refractivity contribution in [2.45, 2.75) is 0 Å². The molecular formula is C13H9BrOS. The summed E-state index contributed by atoms with van der Waals surface area (Å²) in [4.78, 5) is 12.4. The second-order valence-corrected chi connectivity index (χ2v) is 5.09. The summed E-state index contributed by atoms with van der Waals surface area (Å²) in [6.07, 6.45) is 3.43. The Balaban J connectivity index is 2.10. The fourth-order valence-corrected chi connectivity index (χ4v) is 2.16. The average molecular weight is 293 g/mol. The van der Waals surface area contributed by atoms with Crippen LogP contribution in [0.15, 0.2) is 52.3 Å². The number of hydrogen-bond acceptors (Lipinski definition) is 2. The fourth-order valence-electron chi connectivity index (χ4n) is 1.25. The zero-order valence-corrected chi connectivity index (χ0v) is 10.8. The zero-order chi connectivity index (χ0) is 11.4. The molecule has 0 amide bonds.